The molecule has 1 aromatic carbocycles. The summed E-state index contributed by atoms with van der Waals surface area (Å²) in [6.07, 6.45) is 32.1. The first kappa shape index (κ1) is 26.1. The molecule has 5 aliphatic carbocycles. The molecule has 4 nitrogen and oxygen atoms in total. The number of rotatable bonds is 5. The first-order valence-electron chi connectivity index (χ1n) is 15.2. The van der Waals surface area contributed by atoms with Crippen molar-refractivity contribution in [3.63, 3.8) is 0 Å². The zero-order valence-corrected chi connectivity index (χ0v) is 23.8. The summed E-state index contributed by atoms with van der Waals surface area (Å²) in [5.74, 6) is -0.118. The van der Waals surface area contributed by atoms with Gasteiger partial charge < -0.3 is 9.88 Å². The van der Waals surface area contributed by atoms with E-state index in [0.717, 1.165) is 66.6 Å². The molecular weight excluding hydrogens is 512 g/mol. The summed E-state index contributed by atoms with van der Waals surface area (Å²) < 4.78 is 2.62. The van der Waals surface area contributed by atoms with E-state index in [1.807, 2.05) is 12.2 Å². The molecular formula is C38H34N4. The summed E-state index contributed by atoms with van der Waals surface area (Å²) in [6.45, 7) is 0. The summed E-state index contributed by atoms with van der Waals surface area (Å²) in [6, 6.07) is 13.6. The van der Waals surface area contributed by atoms with Gasteiger partial charge in [0.05, 0.1) is 24.1 Å². The molecule has 1 aromatic heterocycles. The van der Waals surface area contributed by atoms with Crippen LogP contribution in [0.5, 0.6) is 0 Å². The zero-order valence-electron chi connectivity index (χ0n) is 23.8. The minimum absolute atomic E-state index is 0.118. The van der Waals surface area contributed by atoms with Crippen LogP contribution in [-0.4, -0.2) is 4.57 Å². The molecule has 1 heterocycles. The second-order valence-electron chi connectivity index (χ2n) is 11.6. The highest BCUT2D eigenvalue weighted by Crippen LogP contribution is 2.37. The lowest BCUT2D eigenvalue weighted by Gasteiger charge is -2.26. The molecule has 0 saturated carbocycles. The van der Waals surface area contributed by atoms with Crippen LogP contribution in [-0.2, 0) is 6.42 Å². The Morgan fingerprint density at radius 1 is 0.929 bits per heavy atom. The van der Waals surface area contributed by atoms with Crippen LogP contribution in [0.1, 0.15) is 73.4 Å². The van der Waals surface area contributed by atoms with Crippen LogP contribution >= 0.6 is 0 Å². The van der Waals surface area contributed by atoms with Gasteiger partial charge in [0.1, 0.15) is 0 Å². The topological polar surface area (TPSA) is 64.5 Å². The third-order valence-electron chi connectivity index (χ3n) is 9.01. The van der Waals surface area contributed by atoms with Gasteiger partial charge in [0.25, 0.3) is 0 Å². The molecule has 42 heavy (non-hydrogen) atoms. The lowest BCUT2D eigenvalue weighted by molar-refractivity contribution is 0.568. The quantitative estimate of drug-likeness (QED) is 0.443. The van der Waals surface area contributed by atoms with Gasteiger partial charge in [0.15, 0.2) is 0 Å². The molecule has 0 saturated heterocycles. The van der Waals surface area contributed by atoms with Gasteiger partial charge in [-0.2, -0.15) is 10.5 Å². The Morgan fingerprint density at radius 3 is 2.69 bits per heavy atom. The smallest absolute Gasteiger partial charge is 0.0947 e. The number of benzene rings is 1. The number of nitrogens with zero attached hydrogens (tertiary/aromatic N) is 3. The van der Waals surface area contributed by atoms with E-state index in [1.54, 1.807) is 0 Å². The highest BCUT2D eigenvalue weighted by Gasteiger charge is 2.24. The van der Waals surface area contributed by atoms with Crippen LogP contribution in [0, 0.1) is 28.6 Å². The van der Waals surface area contributed by atoms with Gasteiger partial charge in [-0.1, -0.05) is 78.9 Å². The lowest BCUT2D eigenvalue weighted by Crippen LogP contribution is -2.33. The van der Waals surface area contributed by atoms with E-state index in [9.17, 15) is 10.5 Å². The fraction of sp³-hybridized carbons (Fsp3) is 0.263. The minimum atomic E-state index is -0.118. The van der Waals surface area contributed by atoms with E-state index in [2.05, 4.69) is 101 Å². The summed E-state index contributed by atoms with van der Waals surface area (Å²) >= 11 is 0. The average Bonchev–Trinajstić information content (AvgIpc) is 3.39. The van der Waals surface area contributed by atoms with Crippen LogP contribution in [0.4, 0.5) is 0 Å². The van der Waals surface area contributed by atoms with Gasteiger partial charge in [-0.25, -0.2) is 0 Å². The zero-order chi connectivity index (χ0) is 28.5. The molecule has 0 amide bonds. The van der Waals surface area contributed by atoms with Crippen molar-refractivity contribution in [2.45, 2.75) is 57.4 Å². The monoisotopic (exact) mass is 546 g/mol. The number of nitriles is 2. The van der Waals surface area contributed by atoms with E-state index in [0.29, 0.717) is 12.8 Å². The Morgan fingerprint density at radius 2 is 1.81 bits per heavy atom. The molecule has 2 atom stereocenters. The molecule has 2 unspecified atom stereocenters. The normalized spacial score (nSPS) is 22.4. The fourth-order valence-corrected chi connectivity index (χ4v) is 7.04. The maximum atomic E-state index is 9.83. The Balaban J connectivity index is 1.32. The first-order chi connectivity index (χ1) is 20.7. The summed E-state index contributed by atoms with van der Waals surface area (Å²) in [4.78, 5) is 0. The van der Waals surface area contributed by atoms with E-state index in [1.165, 1.54) is 33.0 Å². The van der Waals surface area contributed by atoms with Crippen LogP contribution in [0.2, 0.25) is 0 Å². The van der Waals surface area contributed by atoms with Gasteiger partial charge >= 0.3 is 0 Å². The molecule has 0 fully saturated rings. The molecule has 0 bridgehead atoms. The van der Waals surface area contributed by atoms with Crippen molar-refractivity contribution in [3.05, 3.63) is 123 Å². The predicted molar refractivity (Wildman–Crippen MR) is 170 cm³/mol. The maximum Gasteiger partial charge on any atom is 0.0947 e. The van der Waals surface area contributed by atoms with E-state index < -0.39 is 0 Å². The Bertz CT molecular complexity index is 1880. The van der Waals surface area contributed by atoms with Crippen molar-refractivity contribution in [1.29, 1.82) is 10.5 Å². The minimum Gasteiger partial charge on any atom is -0.362 e. The molecule has 7 rings (SSSR count). The van der Waals surface area contributed by atoms with Gasteiger partial charge in [-0.15, -0.1) is 0 Å². The molecule has 4 heteroatoms. The third kappa shape index (κ3) is 4.74. The van der Waals surface area contributed by atoms with E-state index in [4.69, 9.17) is 0 Å². The van der Waals surface area contributed by atoms with Crippen LogP contribution in [0.3, 0.4) is 0 Å². The number of hydrogen-bond acceptors (Lipinski definition) is 3. The van der Waals surface area contributed by atoms with Crippen LogP contribution < -0.4 is 15.9 Å². The van der Waals surface area contributed by atoms with Crippen molar-refractivity contribution in [3.8, 4) is 12.1 Å². The second-order valence-corrected chi connectivity index (χ2v) is 11.6. The van der Waals surface area contributed by atoms with Crippen molar-refractivity contribution in [2.75, 3.05) is 0 Å². The molecule has 2 aromatic rings. The van der Waals surface area contributed by atoms with Crippen LogP contribution in [0.15, 0.2) is 89.8 Å². The van der Waals surface area contributed by atoms with Gasteiger partial charge in [0.2, 0.25) is 0 Å². The van der Waals surface area contributed by atoms with Crippen LogP contribution in [0.25, 0.3) is 29.4 Å². The summed E-state index contributed by atoms with van der Waals surface area (Å²) in [5, 5.41) is 25.8. The Kier molecular flexibility index (Phi) is 6.98. The summed E-state index contributed by atoms with van der Waals surface area (Å²) in [5.41, 5.74) is 10.4. The highest BCUT2D eigenvalue weighted by molar-refractivity contribution is 5.89. The number of allylic oxidation sites excluding steroid dienone is 13. The largest absolute Gasteiger partial charge is 0.362 e. The van der Waals surface area contributed by atoms with Gasteiger partial charge in [-0.05, 0) is 73.8 Å². The van der Waals surface area contributed by atoms with E-state index in [-0.39, 0.29) is 12.0 Å². The fourth-order valence-electron chi connectivity index (χ4n) is 7.04. The number of nitrogens with one attached hydrogen (secondary N) is 1. The lowest BCUT2D eigenvalue weighted by atomic mass is 9.85. The second kappa shape index (κ2) is 11.2. The van der Waals surface area contributed by atoms with E-state index >= 15 is 0 Å². The van der Waals surface area contributed by atoms with Crippen molar-refractivity contribution < 1.29 is 0 Å². The first-order valence-corrected chi connectivity index (χ1v) is 15.2. The Hall–Kier alpha value is -4.80. The standard InChI is InChI=1S/C38H34N4/c39-24-26-9-7-11-29(21-26)41-36-20-19-27(25-40)22-35(36)32-14-2-1-13-31(32)28-10-8-12-30(23-28)42-37-17-5-3-15-33(37)34-16-4-6-18-38(34)42/h1-3,7-11,13-16,18,22-23,26,30,41H,4-6,12,17,19-21H2. The average molecular weight is 547 g/mol. The number of fused-ring (bicyclic) bond motifs is 3. The third-order valence-corrected chi connectivity index (χ3v) is 9.01. The molecule has 0 aliphatic heterocycles. The molecule has 1 N–H and O–H groups in total. The van der Waals surface area contributed by atoms with Crippen molar-refractivity contribution >= 4 is 29.4 Å². The molecule has 206 valence electrons. The van der Waals surface area contributed by atoms with Crippen molar-refractivity contribution in [2.24, 2.45) is 5.92 Å². The molecule has 5 aliphatic rings. The number of aromatic nitrogens is 1. The predicted octanol–water partition coefficient (Wildman–Crippen LogP) is 6.91. The molecule has 0 spiro atoms. The van der Waals surface area contributed by atoms with Gasteiger partial charge in [-0.3, -0.25) is 0 Å². The number of hydrogen-bond donors (Lipinski definition) is 1. The molecule has 0 radical (unpaired) electrons. The SMILES string of the molecule is N#CC1=CC(c2ccccc2C2=CC(n3c4c(c5c3=CCCC=5)C=CCC4)CC=C2)=C(NC2=CC=CC(C#N)C2)CC1. The van der Waals surface area contributed by atoms with Crippen molar-refractivity contribution in [1.82, 2.24) is 9.88 Å². The summed E-state index contributed by atoms with van der Waals surface area (Å²) in [7, 11) is 0. The maximum absolute atomic E-state index is 9.83. The Labute approximate surface area is 247 Å². The highest BCUT2D eigenvalue weighted by atomic mass is 15.0. The van der Waals surface area contributed by atoms with Gasteiger partial charge in [0, 0.05) is 50.8 Å².